The van der Waals surface area contributed by atoms with Crippen molar-refractivity contribution in [3.63, 3.8) is 0 Å². The number of anilines is 1. The van der Waals surface area contributed by atoms with Gasteiger partial charge < -0.3 is 14.8 Å². The van der Waals surface area contributed by atoms with Crippen molar-refractivity contribution >= 4 is 28.3 Å². The van der Waals surface area contributed by atoms with Gasteiger partial charge in [-0.1, -0.05) is 12.1 Å². The Morgan fingerprint density at radius 3 is 2.56 bits per heavy atom. The third kappa shape index (κ3) is 3.63. The average molecular weight is 361 g/mol. The Hall–Kier alpha value is -2.48. The first-order chi connectivity index (χ1) is 11.9. The summed E-state index contributed by atoms with van der Waals surface area (Å²) in [6.45, 7) is 0. The fraction of sp³-hybridized carbons (Fsp3) is 0.167. The molecule has 0 unspecified atom stereocenters. The van der Waals surface area contributed by atoms with Gasteiger partial charge in [-0.25, -0.2) is 0 Å². The third-order valence-electron chi connectivity index (χ3n) is 3.87. The molecule has 6 nitrogen and oxygen atoms in total. The summed E-state index contributed by atoms with van der Waals surface area (Å²) >= 11 is 0. The number of hydrogen-bond donors (Lipinski definition) is 3. The summed E-state index contributed by atoms with van der Waals surface area (Å²) in [6.07, 6.45) is 1.83. The largest absolute Gasteiger partial charge is 0.493 e. The smallest absolute Gasteiger partial charge is 0.228 e. The fourth-order valence-corrected chi connectivity index (χ4v) is 3.90. The van der Waals surface area contributed by atoms with E-state index in [4.69, 9.17) is 9.47 Å². The molecule has 3 rings (SSSR count). The van der Waals surface area contributed by atoms with E-state index in [9.17, 15) is 13.9 Å². The van der Waals surface area contributed by atoms with Crippen LogP contribution in [0.4, 0.5) is 5.69 Å². The highest BCUT2D eigenvalue weighted by molar-refractivity contribution is 8.27. The molecule has 0 aliphatic carbocycles. The highest BCUT2D eigenvalue weighted by Gasteiger charge is 2.22. The molecule has 0 bridgehead atoms. The molecule has 1 heterocycles. The van der Waals surface area contributed by atoms with E-state index >= 15 is 0 Å². The zero-order valence-corrected chi connectivity index (χ0v) is 14.7. The summed E-state index contributed by atoms with van der Waals surface area (Å²) in [4.78, 5) is 12.7. The van der Waals surface area contributed by atoms with Crippen LogP contribution in [-0.4, -0.2) is 29.2 Å². The van der Waals surface area contributed by atoms with Gasteiger partial charge >= 0.3 is 0 Å². The number of benzene rings is 2. The van der Waals surface area contributed by atoms with Gasteiger partial charge in [-0.05, 0) is 41.5 Å². The Balaban J connectivity index is 1.72. The number of ether oxygens (including phenoxy) is 2. The van der Waals surface area contributed by atoms with Crippen molar-refractivity contribution in [1.82, 2.24) is 0 Å². The summed E-state index contributed by atoms with van der Waals surface area (Å²) < 4.78 is 30.3. The zero-order chi connectivity index (χ0) is 18.0. The highest BCUT2D eigenvalue weighted by atomic mass is 32.3. The van der Waals surface area contributed by atoms with Crippen molar-refractivity contribution in [1.29, 1.82) is 0 Å². The maximum Gasteiger partial charge on any atom is 0.228 e. The normalized spacial score (nSPS) is 15.4. The van der Waals surface area contributed by atoms with Crippen LogP contribution in [0.15, 0.2) is 46.7 Å². The summed E-state index contributed by atoms with van der Waals surface area (Å²) in [5.41, 5.74) is 2.05. The van der Waals surface area contributed by atoms with E-state index in [0.717, 1.165) is 11.1 Å². The standard InChI is InChI=1S/C18H19NO5S/c1-23-15-6-3-12(9-16(15)24-2)10-18(20)19-14-5-4-13-7-8-25(21,22)17(13)11-14/h3-9,11,21-22H,10H2,1-2H3,(H,19,20). The van der Waals surface area contributed by atoms with Crippen molar-refractivity contribution in [2.75, 3.05) is 19.5 Å². The van der Waals surface area contributed by atoms with Gasteiger partial charge in [0, 0.05) is 11.1 Å². The molecule has 0 radical (unpaired) electrons. The van der Waals surface area contributed by atoms with Crippen LogP contribution in [0, 0.1) is 0 Å². The van der Waals surface area contributed by atoms with Crippen LogP contribution in [0.25, 0.3) is 6.08 Å². The Labute approximate surface area is 147 Å². The molecule has 0 saturated heterocycles. The minimum Gasteiger partial charge on any atom is -0.493 e. The molecule has 0 saturated carbocycles. The van der Waals surface area contributed by atoms with Gasteiger partial charge in [-0.3, -0.25) is 13.9 Å². The van der Waals surface area contributed by atoms with Gasteiger partial charge in [0.1, 0.15) is 0 Å². The lowest BCUT2D eigenvalue weighted by molar-refractivity contribution is -0.115. The number of rotatable bonds is 5. The maximum atomic E-state index is 12.3. The molecule has 2 aromatic carbocycles. The minimum absolute atomic E-state index is 0.159. The molecule has 1 amide bonds. The van der Waals surface area contributed by atoms with Crippen LogP contribution >= 0.6 is 10.6 Å². The van der Waals surface area contributed by atoms with Gasteiger partial charge in [0.25, 0.3) is 0 Å². The Kier molecular flexibility index (Phi) is 4.71. The molecular formula is C18H19NO5S. The molecule has 1 aliphatic heterocycles. The summed E-state index contributed by atoms with van der Waals surface area (Å²) in [5.74, 6) is 0.947. The quantitative estimate of drug-likeness (QED) is 0.750. The van der Waals surface area contributed by atoms with E-state index in [0.29, 0.717) is 22.1 Å². The molecule has 1 aliphatic rings. The number of hydrogen-bond acceptors (Lipinski definition) is 5. The second-order valence-corrected chi connectivity index (χ2v) is 7.46. The van der Waals surface area contributed by atoms with Crippen LogP contribution in [0.1, 0.15) is 11.1 Å². The first-order valence-electron chi connectivity index (χ1n) is 7.54. The van der Waals surface area contributed by atoms with Gasteiger partial charge in [-0.2, -0.15) is 0 Å². The van der Waals surface area contributed by atoms with Gasteiger partial charge in [0.15, 0.2) is 11.5 Å². The molecule has 2 aromatic rings. The van der Waals surface area contributed by atoms with Crippen LogP contribution in [-0.2, 0) is 11.2 Å². The molecule has 0 spiro atoms. The molecule has 3 N–H and O–H groups in total. The van der Waals surface area contributed by atoms with Gasteiger partial charge in [0.05, 0.1) is 25.5 Å². The third-order valence-corrected chi connectivity index (χ3v) is 5.39. The van der Waals surface area contributed by atoms with Gasteiger partial charge in [-0.15, -0.1) is 10.6 Å². The molecule has 25 heavy (non-hydrogen) atoms. The summed E-state index contributed by atoms with van der Waals surface area (Å²) in [5, 5.41) is 4.16. The van der Waals surface area contributed by atoms with Gasteiger partial charge in [0.2, 0.25) is 5.91 Å². The predicted molar refractivity (Wildman–Crippen MR) is 98.5 cm³/mol. The number of nitrogens with one attached hydrogen (secondary N) is 1. The van der Waals surface area contributed by atoms with Crippen molar-refractivity contribution in [3.05, 3.63) is 52.9 Å². The van der Waals surface area contributed by atoms with Crippen molar-refractivity contribution < 1.29 is 23.4 Å². The first-order valence-corrected chi connectivity index (χ1v) is 9.15. The number of carbonyl (C=O) groups excluding carboxylic acids is 1. The van der Waals surface area contributed by atoms with Crippen molar-refractivity contribution in [2.24, 2.45) is 0 Å². The van der Waals surface area contributed by atoms with Crippen LogP contribution in [0.2, 0.25) is 0 Å². The van der Waals surface area contributed by atoms with Crippen molar-refractivity contribution in [3.8, 4) is 11.5 Å². The van der Waals surface area contributed by atoms with Crippen LogP contribution in [0.5, 0.6) is 11.5 Å². The van der Waals surface area contributed by atoms with Crippen LogP contribution < -0.4 is 14.8 Å². The Bertz CT molecular complexity index is 847. The summed E-state index contributed by atoms with van der Waals surface area (Å²) in [7, 11) is 0.191. The molecule has 132 valence electrons. The van der Waals surface area contributed by atoms with E-state index in [-0.39, 0.29) is 12.3 Å². The molecule has 0 fully saturated rings. The number of fused-ring (bicyclic) bond motifs is 1. The van der Waals surface area contributed by atoms with E-state index in [1.807, 2.05) is 0 Å². The van der Waals surface area contributed by atoms with E-state index < -0.39 is 10.6 Å². The Morgan fingerprint density at radius 1 is 1.08 bits per heavy atom. The monoisotopic (exact) mass is 361 g/mol. The van der Waals surface area contributed by atoms with E-state index in [1.165, 1.54) is 5.41 Å². The number of amides is 1. The molecule has 0 aromatic heterocycles. The fourth-order valence-electron chi connectivity index (χ4n) is 2.63. The zero-order valence-electron chi connectivity index (χ0n) is 13.9. The second-order valence-electron chi connectivity index (χ2n) is 5.56. The van der Waals surface area contributed by atoms with E-state index in [1.54, 1.807) is 56.7 Å². The lowest BCUT2D eigenvalue weighted by Gasteiger charge is -2.25. The minimum atomic E-state index is -2.90. The lowest BCUT2D eigenvalue weighted by atomic mass is 10.1. The second kappa shape index (κ2) is 6.79. The van der Waals surface area contributed by atoms with Crippen molar-refractivity contribution in [2.45, 2.75) is 11.3 Å². The topological polar surface area (TPSA) is 88.0 Å². The first kappa shape index (κ1) is 17.3. The SMILES string of the molecule is COc1ccc(CC(=O)Nc2ccc3c(c2)S(O)(O)C=C3)cc1OC. The lowest BCUT2D eigenvalue weighted by Crippen LogP contribution is -2.14. The van der Waals surface area contributed by atoms with Crippen LogP contribution in [0.3, 0.4) is 0 Å². The number of methoxy groups -OCH3 is 2. The summed E-state index contributed by atoms with van der Waals surface area (Å²) in [6, 6.07) is 10.4. The maximum absolute atomic E-state index is 12.3. The highest BCUT2D eigenvalue weighted by Crippen LogP contribution is 2.56. The van der Waals surface area contributed by atoms with E-state index in [2.05, 4.69) is 5.32 Å². The predicted octanol–water partition coefficient (Wildman–Crippen LogP) is 3.98. The molecule has 7 heteroatoms. The molecular weight excluding hydrogens is 342 g/mol. The molecule has 0 atom stereocenters. The Morgan fingerprint density at radius 2 is 1.84 bits per heavy atom. The number of carbonyl (C=O) groups is 1. The average Bonchev–Trinajstić information content (AvgIpc) is 2.89.